The summed E-state index contributed by atoms with van der Waals surface area (Å²) in [4.78, 5) is 17.8. The van der Waals surface area contributed by atoms with Gasteiger partial charge < -0.3 is 10.1 Å². The molecule has 3 heterocycles. The molecule has 1 N–H and O–H groups in total. The number of methoxy groups -OCH3 is 1. The number of hydrogen-bond acceptors (Lipinski definition) is 7. The minimum atomic E-state index is -3.27. The van der Waals surface area contributed by atoms with Gasteiger partial charge in [-0.05, 0) is 53.8 Å². The number of nitrogens with zero attached hydrogens (tertiary/aromatic N) is 3. The van der Waals surface area contributed by atoms with Crippen LogP contribution in [-0.2, 0) is 27.5 Å². The summed E-state index contributed by atoms with van der Waals surface area (Å²) in [6.07, 6.45) is 2.75. The second kappa shape index (κ2) is 10.5. The summed E-state index contributed by atoms with van der Waals surface area (Å²) >= 11 is 0. The molecule has 1 aliphatic heterocycles. The molecule has 2 aromatic heterocycles. The number of carbonyl (C=O) groups excluding carboxylic acids is 1. The minimum Gasteiger partial charge on any atom is -0.495 e. The molecule has 0 amide bonds. The molecule has 0 radical (unpaired) electrons. The van der Waals surface area contributed by atoms with Crippen LogP contribution in [0.2, 0.25) is 0 Å². The number of benzene rings is 3. The Labute approximate surface area is 238 Å². The number of sulfone groups is 1. The number of ketones is 1. The van der Waals surface area contributed by atoms with Crippen LogP contribution in [-0.4, -0.2) is 41.7 Å². The number of pyridine rings is 1. The van der Waals surface area contributed by atoms with Crippen molar-refractivity contribution >= 4 is 32.9 Å². The monoisotopic (exact) mass is 566 g/mol. The van der Waals surface area contributed by atoms with E-state index >= 15 is 0 Å². The van der Waals surface area contributed by atoms with Crippen LogP contribution in [0.4, 0.5) is 11.6 Å². The Bertz CT molecular complexity index is 1880. The number of aromatic nitrogens is 3. The first-order chi connectivity index (χ1) is 19.7. The highest BCUT2D eigenvalue weighted by atomic mass is 32.2. The van der Waals surface area contributed by atoms with E-state index < -0.39 is 9.84 Å². The summed E-state index contributed by atoms with van der Waals surface area (Å²) in [5.41, 5.74) is 7.18. The number of fused-ring (bicyclic) bond motifs is 2. The molecule has 6 rings (SSSR count). The second-order valence-corrected chi connectivity index (χ2v) is 12.6. The van der Waals surface area contributed by atoms with Crippen molar-refractivity contribution in [2.75, 3.05) is 18.2 Å². The van der Waals surface area contributed by atoms with Crippen LogP contribution in [0, 0.1) is 6.92 Å². The Hall–Kier alpha value is -4.50. The molecule has 3 aromatic carbocycles. The van der Waals surface area contributed by atoms with E-state index in [1.54, 1.807) is 16.6 Å². The highest BCUT2D eigenvalue weighted by Crippen LogP contribution is 2.36. The van der Waals surface area contributed by atoms with Crippen LogP contribution < -0.4 is 10.1 Å². The molecule has 0 spiro atoms. The summed E-state index contributed by atoms with van der Waals surface area (Å²) in [6, 6.07) is 23.4. The summed E-state index contributed by atoms with van der Waals surface area (Å²) in [7, 11) is -1.76. The number of aryl methyl sites for hydroxylation is 2. The highest BCUT2D eigenvalue weighted by Gasteiger charge is 2.28. The van der Waals surface area contributed by atoms with Crippen molar-refractivity contribution in [3.05, 3.63) is 101 Å². The molecule has 1 unspecified atom stereocenters. The number of carbonyl (C=O) groups is 1. The standard InChI is InChI=1S/C32H30N4O4S/c1-20-4-8-23(9-5-20)21(2)28(37)16-22-6-10-24(11-7-22)26-12-13-31-34-32(35-36(31)19-26)33-27-17-25-14-15-41(38,39)30(25)18-29(27)40-3/h4-13,17-19,21H,14-16H2,1-3H3,(H,33,35). The number of anilines is 2. The lowest BCUT2D eigenvalue weighted by molar-refractivity contribution is -0.119. The fourth-order valence-electron chi connectivity index (χ4n) is 5.15. The van der Waals surface area contributed by atoms with E-state index in [-0.39, 0.29) is 17.5 Å². The van der Waals surface area contributed by atoms with Crippen molar-refractivity contribution in [1.29, 1.82) is 0 Å². The first-order valence-electron chi connectivity index (χ1n) is 13.5. The summed E-state index contributed by atoms with van der Waals surface area (Å²) < 4.78 is 31.7. The van der Waals surface area contributed by atoms with Crippen molar-refractivity contribution in [2.24, 2.45) is 0 Å². The van der Waals surface area contributed by atoms with Crippen LogP contribution in [0.15, 0.2) is 83.9 Å². The van der Waals surface area contributed by atoms with Gasteiger partial charge >= 0.3 is 0 Å². The van der Waals surface area contributed by atoms with Gasteiger partial charge in [0.2, 0.25) is 5.95 Å². The lowest BCUT2D eigenvalue weighted by atomic mass is 9.92. The van der Waals surface area contributed by atoms with E-state index in [9.17, 15) is 13.2 Å². The average Bonchev–Trinajstić information content (AvgIpc) is 3.51. The molecule has 5 aromatic rings. The molecule has 41 heavy (non-hydrogen) atoms. The van der Waals surface area contributed by atoms with Gasteiger partial charge in [-0.3, -0.25) is 4.79 Å². The molecule has 1 aliphatic rings. The fourth-order valence-corrected chi connectivity index (χ4v) is 6.70. The fraction of sp³-hybridized carbons (Fsp3) is 0.219. The Balaban J connectivity index is 1.18. The van der Waals surface area contributed by atoms with Gasteiger partial charge in [0, 0.05) is 30.2 Å². The van der Waals surface area contributed by atoms with Crippen LogP contribution in [0.3, 0.4) is 0 Å². The number of nitrogens with one attached hydrogen (secondary N) is 1. The van der Waals surface area contributed by atoms with Crippen molar-refractivity contribution in [3.8, 4) is 16.9 Å². The Morgan fingerprint density at radius 2 is 1.76 bits per heavy atom. The number of rotatable bonds is 8. The first kappa shape index (κ1) is 26.7. The van der Waals surface area contributed by atoms with Gasteiger partial charge in [0.1, 0.15) is 11.5 Å². The topological polar surface area (TPSA) is 103 Å². The van der Waals surface area contributed by atoms with Crippen LogP contribution in [0.25, 0.3) is 16.8 Å². The smallest absolute Gasteiger partial charge is 0.247 e. The van der Waals surface area contributed by atoms with Crippen molar-refractivity contribution in [3.63, 3.8) is 0 Å². The van der Waals surface area contributed by atoms with Crippen LogP contribution in [0.1, 0.15) is 35.1 Å². The first-order valence-corrected chi connectivity index (χ1v) is 15.1. The SMILES string of the molecule is COc1cc2c(cc1Nc1nc3ccc(-c4ccc(CC(=O)C(C)c5ccc(C)cc5)cc4)cn3n1)CCS2(=O)=O. The van der Waals surface area contributed by atoms with E-state index in [0.717, 1.165) is 27.8 Å². The molecule has 8 nitrogen and oxygen atoms in total. The third-order valence-corrected chi connectivity index (χ3v) is 9.45. The maximum atomic E-state index is 12.9. The van der Waals surface area contributed by atoms with Crippen molar-refractivity contribution in [2.45, 2.75) is 37.5 Å². The zero-order valence-electron chi connectivity index (χ0n) is 23.1. The summed E-state index contributed by atoms with van der Waals surface area (Å²) in [5, 5.41) is 7.76. The maximum Gasteiger partial charge on any atom is 0.247 e. The number of Topliss-reactive ketones (excluding diaryl/α,β-unsaturated/α-hetero) is 1. The average molecular weight is 567 g/mol. The number of hydrogen-bond donors (Lipinski definition) is 1. The third kappa shape index (κ3) is 5.32. The molecule has 0 saturated carbocycles. The van der Waals surface area contributed by atoms with Crippen LogP contribution in [0.5, 0.6) is 5.75 Å². The highest BCUT2D eigenvalue weighted by molar-refractivity contribution is 7.91. The van der Waals surface area contributed by atoms with Gasteiger partial charge in [0.15, 0.2) is 15.5 Å². The lowest BCUT2D eigenvalue weighted by Gasteiger charge is -2.12. The minimum absolute atomic E-state index is 0.105. The molecular weight excluding hydrogens is 536 g/mol. The molecule has 0 aliphatic carbocycles. The Kier molecular flexibility index (Phi) is 6.83. The molecular formula is C32H30N4O4S. The van der Waals surface area contributed by atoms with Crippen LogP contribution >= 0.6 is 0 Å². The summed E-state index contributed by atoms with van der Waals surface area (Å²) in [6.45, 7) is 4.00. The predicted octanol–water partition coefficient (Wildman–Crippen LogP) is 5.70. The predicted molar refractivity (Wildman–Crippen MR) is 159 cm³/mol. The van der Waals surface area contributed by atoms with E-state index in [1.165, 1.54) is 12.7 Å². The third-order valence-electron chi connectivity index (χ3n) is 7.66. The zero-order chi connectivity index (χ0) is 28.7. The molecule has 0 saturated heterocycles. The molecule has 0 bridgehead atoms. The normalized spacial score (nSPS) is 14.5. The van der Waals surface area contributed by atoms with E-state index in [1.807, 2.05) is 80.7 Å². The Morgan fingerprint density at radius 3 is 2.49 bits per heavy atom. The second-order valence-electron chi connectivity index (χ2n) is 10.5. The van der Waals surface area contributed by atoms with E-state index in [4.69, 9.17) is 4.74 Å². The van der Waals surface area contributed by atoms with Gasteiger partial charge in [-0.2, -0.15) is 4.98 Å². The van der Waals surface area contributed by atoms with E-state index in [2.05, 4.69) is 15.4 Å². The maximum absolute atomic E-state index is 12.9. The molecule has 0 fully saturated rings. The molecule has 208 valence electrons. The van der Waals surface area contributed by atoms with Crippen molar-refractivity contribution in [1.82, 2.24) is 14.6 Å². The van der Waals surface area contributed by atoms with Gasteiger partial charge in [0.05, 0.1) is 23.4 Å². The lowest BCUT2D eigenvalue weighted by Crippen LogP contribution is -2.12. The largest absolute Gasteiger partial charge is 0.495 e. The molecule has 9 heteroatoms. The van der Waals surface area contributed by atoms with Gasteiger partial charge in [0.25, 0.3) is 0 Å². The van der Waals surface area contributed by atoms with Crippen molar-refractivity contribution < 1.29 is 17.9 Å². The van der Waals surface area contributed by atoms with Gasteiger partial charge in [-0.25, -0.2) is 12.9 Å². The zero-order valence-corrected chi connectivity index (χ0v) is 23.9. The van der Waals surface area contributed by atoms with Gasteiger partial charge in [-0.1, -0.05) is 61.0 Å². The quantitative estimate of drug-likeness (QED) is 0.257. The molecule has 1 atom stereocenters. The summed E-state index contributed by atoms with van der Waals surface area (Å²) in [5.74, 6) is 0.928. The number of ether oxygens (including phenoxy) is 1. The van der Waals surface area contributed by atoms with Gasteiger partial charge in [-0.15, -0.1) is 5.10 Å². The Morgan fingerprint density at radius 1 is 1.02 bits per heavy atom. The van der Waals surface area contributed by atoms with E-state index in [0.29, 0.717) is 40.8 Å².